The van der Waals surface area contributed by atoms with Gasteiger partial charge in [0.25, 0.3) is 0 Å². The average Bonchev–Trinajstić information content (AvgIpc) is 3.47. The first-order chi connectivity index (χ1) is 19.0. The molecule has 5 aromatic rings. The normalized spacial score (nSPS) is 14.4. The number of phenolic OH excluding ortho intramolecular Hbond substituents is 1. The molecule has 0 spiro atoms. The first-order valence-electron chi connectivity index (χ1n) is 12.3. The van der Waals surface area contributed by atoms with E-state index in [-0.39, 0.29) is 23.1 Å². The van der Waals surface area contributed by atoms with Crippen LogP contribution in [-0.4, -0.2) is 22.4 Å². The van der Waals surface area contributed by atoms with E-state index in [0.29, 0.717) is 16.0 Å². The van der Waals surface area contributed by atoms with Gasteiger partial charge in [-0.15, -0.1) is 11.8 Å². The van der Waals surface area contributed by atoms with Gasteiger partial charge >= 0.3 is 0 Å². The van der Waals surface area contributed by atoms with E-state index in [1.54, 1.807) is 22.9 Å². The molecule has 0 fully saturated rings. The maximum atomic E-state index is 13.9. The lowest BCUT2D eigenvalue weighted by atomic mass is 10.0. The molecule has 0 unspecified atom stereocenters. The zero-order valence-corrected chi connectivity index (χ0v) is 23.1. The van der Waals surface area contributed by atoms with Gasteiger partial charge in [-0.3, -0.25) is 9.59 Å². The first-order valence-corrected chi connectivity index (χ1v) is 15.5. The quantitative estimate of drug-likeness (QED) is 0.121. The Kier molecular flexibility index (Phi) is 7.33. The van der Waals surface area contributed by atoms with Gasteiger partial charge in [0.1, 0.15) is 5.75 Å². The zero-order chi connectivity index (χ0) is 26.8. The van der Waals surface area contributed by atoms with E-state index in [2.05, 4.69) is 0 Å². The molecule has 1 aliphatic heterocycles. The number of benzene rings is 5. The van der Waals surface area contributed by atoms with Crippen LogP contribution in [0.25, 0.3) is 26.5 Å². The van der Waals surface area contributed by atoms with E-state index in [1.807, 2.05) is 103 Å². The molecule has 6 rings (SSSR count). The standard InChI is InChI=1S/C33H22O3S3/c34-28-15-13-23(14-16-28)30-19-31(39-38-30)33(32(36)27-12-10-22-6-2-4-8-25(22)18-27)37-20-29(35)26-11-9-21-5-1-3-7-24(21)17-26/h1-19,34H,20H2/b33-31+. The summed E-state index contributed by atoms with van der Waals surface area (Å²) in [5.41, 5.74) is 2.20. The highest BCUT2D eigenvalue weighted by molar-refractivity contribution is 8.82. The molecule has 3 nitrogen and oxygen atoms in total. The Morgan fingerprint density at radius 2 is 1.26 bits per heavy atom. The predicted octanol–water partition coefficient (Wildman–Crippen LogP) is 9.15. The van der Waals surface area contributed by atoms with Gasteiger partial charge < -0.3 is 5.11 Å². The van der Waals surface area contributed by atoms with Crippen LogP contribution < -0.4 is 0 Å². The van der Waals surface area contributed by atoms with Crippen LogP contribution in [-0.2, 0) is 0 Å². The second kappa shape index (κ2) is 11.2. The molecule has 1 aliphatic rings. The Morgan fingerprint density at radius 3 is 1.92 bits per heavy atom. The highest BCUT2D eigenvalue weighted by Gasteiger charge is 2.24. The van der Waals surface area contributed by atoms with Crippen LogP contribution in [0.5, 0.6) is 5.75 Å². The lowest BCUT2D eigenvalue weighted by molar-refractivity contribution is 0.102. The average molecular weight is 563 g/mol. The van der Waals surface area contributed by atoms with Gasteiger partial charge in [0.15, 0.2) is 5.78 Å². The van der Waals surface area contributed by atoms with E-state index in [4.69, 9.17) is 0 Å². The Morgan fingerprint density at radius 1 is 0.667 bits per heavy atom. The summed E-state index contributed by atoms with van der Waals surface area (Å²) in [7, 11) is 3.09. The zero-order valence-electron chi connectivity index (χ0n) is 20.7. The monoisotopic (exact) mass is 562 g/mol. The van der Waals surface area contributed by atoms with Crippen molar-refractivity contribution in [2.75, 3.05) is 5.75 Å². The first kappa shape index (κ1) is 25.6. The number of ketones is 2. The van der Waals surface area contributed by atoms with Crippen molar-refractivity contribution in [1.29, 1.82) is 0 Å². The molecule has 0 atom stereocenters. The van der Waals surface area contributed by atoms with Crippen molar-refractivity contribution >= 4 is 71.4 Å². The van der Waals surface area contributed by atoms with Gasteiger partial charge in [-0.1, -0.05) is 107 Å². The Balaban J connectivity index is 1.33. The van der Waals surface area contributed by atoms with Crippen LogP contribution in [0.4, 0.5) is 0 Å². The minimum atomic E-state index is -0.0941. The lowest BCUT2D eigenvalue weighted by Gasteiger charge is -2.10. The van der Waals surface area contributed by atoms with E-state index in [0.717, 1.165) is 36.9 Å². The smallest absolute Gasteiger partial charge is 0.200 e. The van der Waals surface area contributed by atoms with Crippen molar-refractivity contribution in [1.82, 2.24) is 0 Å². The summed E-state index contributed by atoms with van der Waals surface area (Å²) < 4.78 is 0. The highest BCUT2D eigenvalue weighted by Crippen LogP contribution is 2.52. The van der Waals surface area contributed by atoms with Crippen molar-refractivity contribution in [2.45, 2.75) is 0 Å². The minimum Gasteiger partial charge on any atom is -0.508 e. The number of hydrogen-bond acceptors (Lipinski definition) is 6. The van der Waals surface area contributed by atoms with Crippen LogP contribution in [0, 0.1) is 0 Å². The fourth-order valence-corrected chi connectivity index (χ4v) is 8.12. The Bertz CT molecular complexity index is 1800. The molecule has 0 radical (unpaired) electrons. The molecule has 0 bridgehead atoms. The summed E-state index contributed by atoms with van der Waals surface area (Å²) >= 11 is 1.30. The highest BCUT2D eigenvalue weighted by atomic mass is 33.1. The minimum absolute atomic E-state index is 0.0199. The predicted molar refractivity (Wildman–Crippen MR) is 167 cm³/mol. The summed E-state index contributed by atoms with van der Waals surface area (Å²) in [4.78, 5) is 29.6. The summed E-state index contributed by atoms with van der Waals surface area (Å²) in [6, 6.07) is 34.4. The van der Waals surface area contributed by atoms with Crippen molar-refractivity contribution in [2.24, 2.45) is 0 Å². The Hall–Kier alpha value is -3.71. The molecular weight excluding hydrogens is 541 g/mol. The van der Waals surface area contributed by atoms with E-state index in [1.165, 1.54) is 22.6 Å². The number of Topliss-reactive ketones (excluding diaryl/α,β-unsaturated/α-hetero) is 2. The number of hydrogen-bond donors (Lipinski definition) is 1. The molecule has 5 aromatic carbocycles. The number of rotatable bonds is 7. The third-order valence-electron chi connectivity index (χ3n) is 6.50. The SMILES string of the molecule is O=C(CS/C(C(=O)c1ccc2ccccc2c1)=C1\C=C(c2ccc(O)cc2)SS1)c1ccc2ccccc2c1. The molecule has 0 saturated carbocycles. The Labute approximate surface area is 238 Å². The number of phenols is 1. The fourth-order valence-electron chi connectivity index (χ4n) is 4.41. The van der Waals surface area contributed by atoms with Crippen LogP contribution in [0.1, 0.15) is 26.3 Å². The molecule has 190 valence electrons. The van der Waals surface area contributed by atoms with Gasteiger partial charge in [0.2, 0.25) is 5.78 Å². The van der Waals surface area contributed by atoms with Crippen molar-refractivity contribution in [3.63, 3.8) is 0 Å². The molecule has 6 heteroatoms. The summed E-state index contributed by atoms with van der Waals surface area (Å²) in [5, 5.41) is 13.8. The van der Waals surface area contributed by atoms with E-state index >= 15 is 0 Å². The van der Waals surface area contributed by atoms with Crippen molar-refractivity contribution in [3.05, 3.63) is 142 Å². The molecule has 39 heavy (non-hydrogen) atoms. The molecule has 1 N–H and O–H groups in total. The van der Waals surface area contributed by atoms with Crippen LogP contribution >= 0.6 is 33.3 Å². The molecule has 1 heterocycles. The third kappa shape index (κ3) is 5.55. The fraction of sp³-hybridized carbons (Fsp3) is 0.0303. The molecule has 0 amide bonds. The molecular formula is C33H22O3S3. The van der Waals surface area contributed by atoms with Gasteiger partial charge in [-0.25, -0.2) is 0 Å². The topological polar surface area (TPSA) is 54.4 Å². The number of carbonyl (C=O) groups excluding carboxylic acids is 2. The molecule has 0 saturated heterocycles. The lowest BCUT2D eigenvalue weighted by Crippen LogP contribution is -2.08. The number of carbonyl (C=O) groups is 2. The van der Waals surface area contributed by atoms with Crippen molar-refractivity contribution < 1.29 is 14.7 Å². The summed E-state index contributed by atoms with van der Waals surface area (Å²) in [5.74, 6) is 0.252. The van der Waals surface area contributed by atoms with Gasteiger partial charge in [-0.2, -0.15) is 0 Å². The van der Waals surface area contributed by atoms with Gasteiger partial charge in [-0.05, 0) is 57.4 Å². The second-order valence-corrected chi connectivity index (χ2v) is 12.3. The van der Waals surface area contributed by atoms with E-state index < -0.39 is 0 Å². The number of fused-ring (bicyclic) bond motifs is 2. The maximum Gasteiger partial charge on any atom is 0.200 e. The van der Waals surface area contributed by atoms with Crippen LogP contribution in [0.2, 0.25) is 0 Å². The van der Waals surface area contributed by atoms with E-state index in [9.17, 15) is 14.7 Å². The van der Waals surface area contributed by atoms with Crippen LogP contribution in [0.3, 0.4) is 0 Å². The van der Waals surface area contributed by atoms with Crippen LogP contribution in [0.15, 0.2) is 125 Å². The van der Waals surface area contributed by atoms with Crippen molar-refractivity contribution in [3.8, 4) is 5.75 Å². The summed E-state index contributed by atoms with van der Waals surface area (Å²) in [6.07, 6.45) is 2.00. The molecule has 0 aliphatic carbocycles. The third-order valence-corrected chi connectivity index (χ3v) is 10.2. The second-order valence-electron chi connectivity index (χ2n) is 9.08. The number of allylic oxidation sites excluding steroid dienone is 2. The van der Waals surface area contributed by atoms with Gasteiger partial charge in [0, 0.05) is 20.9 Å². The number of aromatic hydroxyl groups is 1. The molecule has 0 aromatic heterocycles. The number of thioether (sulfide) groups is 1. The largest absolute Gasteiger partial charge is 0.508 e. The maximum absolute atomic E-state index is 13.9. The van der Waals surface area contributed by atoms with Gasteiger partial charge in [0.05, 0.1) is 10.7 Å². The summed E-state index contributed by atoms with van der Waals surface area (Å²) in [6.45, 7) is 0.